The zero-order valence-corrected chi connectivity index (χ0v) is 20.5. The van der Waals surface area contributed by atoms with Crippen molar-refractivity contribution in [2.75, 3.05) is 0 Å². The first-order valence-corrected chi connectivity index (χ1v) is 12.0. The van der Waals surface area contributed by atoms with Crippen molar-refractivity contribution in [2.45, 2.75) is 19.7 Å². The number of nitrogens with zero attached hydrogens (tertiary/aromatic N) is 1. The molecule has 0 aliphatic rings. The first-order valence-electron chi connectivity index (χ1n) is 12.0. The monoisotopic (exact) mass is 513 g/mol. The Bertz CT molecular complexity index is 1660. The van der Waals surface area contributed by atoms with Crippen LogP contribution in [-0.4, -0.2) is 4.98 Å². The normalized spacial score (nSPS) is 11.5. The number of hydrogen-bond donors (Lipinski definition) is 0. The Labute approximate surface area is 217 Å². The molecule has 0 saturated carbocycles. The number of alkyl halides is 3. The SMILES string of the molecule is C=Cc1ccc(F)c(COc2cccc(-c3c(-c4ccccc4C)cnc4c(C(F)(F)F)cccc34)c2)c1. The predicted octanol–water partition coefficient (Wildman–Crippen LogP) is 9.26. The summed E-state index contributed by atoms with van der Waals surface area (Å²) in [6.07, 6.45) is -1.43. The van der Waals surface area contributed by atoms with Gasteiger partial charge in [0.05, 0.1) is 11.1 Å². The van der Waals surface area contributed by atoms with E-state index in [0.29, 0.717) is 33.4 Å². The number of fused-ring (bicyclic) bond motifs is 1. The lowest BCUT2D eigenvalue weighted by Gasteiger charge is -2.18. The quantitative estimate of drug-likeness (QED) is 0.211. The van der Waals surface area contributed by atoms with Crippen LogP contribution in [0.5, 0.6) is 5.75 Å². The molecule has 0 radical (unpaired) electrons. The molecule has 1 heterocycles. The lowest BCUT2D eigenvalue weighted by molar-refractivity contribution is -0.136. The van der Waals surface area contributed by atoms with Gasteiger partial charge in [0.1, 0.15) is 18.2 Å². The Morgan fingerprint density at radius 3 is 2.45 bits per heavy atom. The van der Waals surface area contributed by atoms with E-state index in [4.69, 9.17) is 4.74 Å². The van der Waals surface area contributed by atoms with Gasteiger partial charge < -0.3 is 4.74 Å². The number of ether oxygens (including phenoxy) is 1. The third-order valence-corrected chi connectivity index (χ3v) is 6.46. The van der Waals surface area contributed by atoms with Gasteiger partial charge in [-0.25, -0.2) is 4.39 Å². The van der Waals surface area contributed by atoms with Crippen molar-refractivity contribution in [1.29, 1.82) is 0 Å². The minimum absolute atomic E-state index is 0.0169. The fraction of sp³-hybridized carbons (Fsp3) is 0.0938. The van der Waals surface area contributed by atoms with Gasteiger partial charge in [0.25, 0.3) is 0 Å². The number of aromatic nitrogens is 1. The second-order valence-electron chi connectivity index (χ2n) is 8.93. The molecule has 5 aromatic rings. The van der Waals surface area contributed by atoms with Crippen molar-refractivity contribution >= 4 is 17.0 Å². The highest BCUT2D eigenvalue weighted by Crippen LogP contribution is 2.42. The number of halogens is 4. The summed E-state index contributed by atoms with van der Waals surface area (Å²) in [5.41, 5.74) is 4.03. The zero-order chi connectivity index (χ0) is 26.9. The van der Waals surface area contributed by atoms with Crippen LogP contribution in [0.15, 0.2) is 97.7 Å². The molecule has 6 heteroatoms. The first kappa shape index (κ1) is 25.2. The van der Waals surface area contributed by atoms with Crippen LogP contribution in [0, 0.1) is 12.7 Å². The van der Waals surface area contributed by atoms with E-state index in [-0.39, 0.29) is 12.1 Å². The van der Waals surface area contributed by atoms with Gasteiger partial charge in [0.2, 0.25) is 0 Å². The highest BCUT2D eigenvalue weighted by molar-refractivity contribution is 6.03. The number of rotatable bonds is 6. The van der Waals surface area contributed by atoms with E-state index in [2.05, 4.69) is 11.6 Å². The molecule has 0 spiro atoms. The van der Waals surface area contributed by atoms with E-state index >= 15 is 0 Å². The van der Waals surface area contributed by atoms with Gasteiger partial charge in [-0.1, -0.05) is 67.3 Å². The average molecular weight is 514 g/mol. The van der Waals surface area contributed by atoms with E-state index in [0.717, 1.165) is 22.8 Å². The summed E-state index contributed by atoms with van der Waals surface area (Å²) in [4.78, 5) is 4.27. The average Bonchev–Trinajstić information content (AvgIpc) is 2.91. The fourth-order valence-corrected chi connectivity index (χ4v) is 4.58. The molecular formula is C32H23F4NO. The number of para-hydroxylation sites is 1. The van der Waals surface area contributed by atoms with Crippen LogP contribution in [0.2, 0.25) is 0 Å². The van der Waals surface area contributed by atoms with Crippen LogP contribution in [0.3, 0.4) is 0 Å². The molecule has 2 nitrogen and oxygen atoms in total. The van der Waals surface area contributed by atoms with Crippen LogP contribution in [0.1, 0.15) is 22.3 Å². The summed E-state index contributed by atoms with van der Waals surface area (Å²) in [6, 6.07) is 23.5. The van der Waals surface area contributed by atoms with Gasteiger partial charge in [-0.05, 0) is 59.5 Å². The van der Waals surface area contributed by atoms with Crippen molar-refractivity contribution in [2.24, 2.45) is 0 Å². The molecule has 0 unspecified atom stereocenters. The number of aryl methyl sites for hydroxylation is 1. The summed E-state index contributed by atoms with van der Waals surface area (Å²) in [5, 5.41) is 0.377. The molecule has 1 aromatic heterocycles. The zero-order valence-electron chi connectivity index (χ0n) is 20.5. The summed E-state index contributed by atoms with van der Waals surface area (Å²) in [6.45, 7) is 5.64. The standard InChI is InChI=1S/C32H23F4NO/c1-3-21-14-15-29(33)23(16-21)19-38-24-10-6-9-22(17-24)30-26-12-7-13-28(32(34,35)36)31(26)37-18-27(30)25-11-5-4-8-20(25)2/h3-18H,1,19H2,2H3. The number of pyridine rings is 1. The Hall–Kier alpha value is -4.45. The van der Waals surface area contributed by atoms with E-state index in [1.807, 2.05) is 37.3 Å². The van der Waals surface area contributed by atoms with Crippen molar-refractivity contribution < 1.29 is 22.3 Å². The molecule has 190 valence electrons. The molecule has 0 amide bonds. The fourth-order valence-electron chi connectivity index (χ4n) is 4.58. The summed E-state index contributed by atoms with van der Waals surface area (Å²) >= 11 is 0. The van der Waals surface area contributed by atoms with Gasteiger partial charge in [0.15, 0.2) is 0 Å². The Balaban J connectivity index is 1.65. The number of benzene rings is 4. The lowest BCUT2D eigenvalue weighted by Crippen LogP contribution is -2.07. The molecule has 4 aromatic carbocycles. The first-order chi connectivity index (χ1) is 18.3. The van der Waals surface area contributed by atoms with Crippen molar-refractivity contribution in [1.82, 2.24) is 4.98 Å². The molecule has 0 aliphatic carbocycles. The molecule has 0 atom stereocenters. The van der Waals surface area contributed by atoms with Crippen molar-refractivity contribution in [3.8, 4) is 28.0 Å². The molecule has 38 heavy (non-hydrogen) atoms. The third kappa shape index (κ3) is 4.90. The van der Waals surface area contributed by atoms with Gasteiger partial charge in [0, 0.05) is 28.3 Å². The Morgan fingerprint density at radius 1 is 0.895 bits per heavy atom. The minimum atomic E-state index is -4.55. The van der Waals surface area contributed by atoms with E-state index < -0.39 is 17.6 Å². The summed E-state index contributed by atoms with van der Waals surface area (Å²) < 4.78 is 61.8. The molecule has 5 rings (SSSR count). The van der Waals surface area contributed by atoms with E-state index in [9.17, 15) is 17.6 Å². The smallest absolute Gasteiger partial charge is 0.418 e. The van der Waals surface area contributed by atoms with Gasteiger partial charge >= 0.3 is 6.18 Å². The van der Waals surface area contributed by atoms with E-state index in [1.165, 1.54) is 18.3 Å². The lowest BCUT2D eigenvalue weighted by atomic mass is 9.90. The predicted molar refractivity (Wildman–Crippen MR) is 143 cm³/mol. The summed E-state index contributed by atoms with van der Waals surface area (Å²) in [7, 11) is 0. The Morgan fingerprint density at radius 2 is 1.68 bits per heavy atom. The van der Waals surface area contributed by atoms with Crippen LogP contribution >= 0.6 is 0 Å². The highest BCUT2D eigenvalue weighted by Gasteiger charge is 2.33. The van der Waals surface area contributed by atoms with Crippen LogP contribution < -0.4 is 4.74 Å². The van der Waals surface area contributed by atoms with E-state index in [1.54, 1.807) is 42.5 Å². The third-order valence-electron chi connectivity index (χ3n) is 6.46. The highest BCUT2D eigenvalue weighted by atomic mass is 19.4. The number of hydrogen-bond acceptors (Lipinski definition) is 2. The molecule has 0 aliphatic heterocycles. The second-order valence-corrected chi connectivity index (χ2v) is 8.93. The van der Waals surface area contributed by atoms with Crippen molar-refractivity contribution in [3.63, 3.8) is 0 Å². The van der Waals surface area contributed by atoms with Gasteiger partial charge in [-0.2, -0.15) is 13.2 Å². The maximum atomic E-state index is 14.3. The molecule has 0 fully saturated rings. The maximum Gasteiger partial charge on any atom is 0.418 e. The van der Waals surface area contributed by atoms with Crippen LogP contribution in [0.4, 0.5) is 17.6 Å². The summed E-state index contributed by atoms with van der Waals surface area (Å²) in [5.74, 6) is 0.0620. The Kier molecular flexibility index (Phi) is 6.72. The van der Waals surface area contributed by atoms with Crippen LogP contribution in [-0.2, 0) is 12.8 Å². The topological polar surface area (TPSA) is 22.1 Å². The van der Waals surface area contributed by atoms with Gasteiger partial charge in [-0.15, -0.1) is 0 Å². The van der Waals surface area contributed by atoms with Gasteiger partial charge in [-0.3, -0.25) is 4.98 Å². The van der Waals surface area contributed by atoms with Crippen LogP contribution in [0.25, 0.3) is 39.2 Å². The maximum absolute atomic E-state index is 14.3. The second kappa shape index (κ2) is 10.1. The van der Waals surface area contributed by atoms with Crippen molar-refractivity contribution in [3.05, 3.63) is 126 Å². The largest absolute Gasteiger partial charge is 0.489 e. The molecule has 0 saturated heterocycles. The molecular weight excluding hydrogens is 490 g/mol. The minimum Gasteiger partial charge on any atom is -0.489 e. The molecule has 0 N–H and O–H groups in total. The molecule has 0 bridgehead atoms.